The van der Waals surface area contributed by atoms with Gasteiger partial charge >= 0.3 is 0 Å². The van der Waals surface area contributed by atoms with Crippen molar-refractivity contribution in [3.05, 3.63) is 29.8 Å². The van der Waals surface area contributed by atoms with Crippen molar-refractivity contribution in [1.29, 1.82) is 0 Å². The van der Waals surface area contributed by atoms with E-state index in [0.717, 1.165) is 5.69 Å². The molecule has 0 aliphatic heterocycles. The van der Waals surface area contributed by atoms with Gasteiger partial charge in [0.05, 0.1) is 0 Å². The Hall–Kier alpha value is -1.35. The molecular formula is C16H26N2O. The molecule has 2 N–H and O–H groups in total. The van der Waals surface area contributed by atoms with Crippen molar-refractivity contribution in [3.8, 4) is 0 Å². The summed E-state index contributed by atoms with van der Waals surface area (Å²) in [6.45, 7) is 11.1. The number of hydrogen-bond donors (Lipinski definition) is 1. The highest BCUT2D eigenvalue weighted by atomic mass is 16.2. The molecule has 0 radical (unpaired) electrons. The highest BCUT2D eigenvalue weighted by molar-refractivity contribution is 5.96. The summed E-state index contributed by atoms with van der Waals surface area (Å²) in [6, 6.07) is 8.18. The minimum Gasteiger partial charge on any atom is -0.329 e. The van der Waals surface area contributed by atoms with Crippen molar-refractivity contribution in [2.75, 3.05) is 18.0 Å². The number of anilines is 1. The lowest BCUT2D eigenvalue weighted by Gasteiger charge is -2.29. The van der Waals surface area contributed by atoms with Crippen LogP contribution >= 0.6 is 0 Å². The summed E-state index contributed by atoms with van der Waals surface area (Å²) in [6.07, 6.45) is 0. The predicted octanol–water partition coefficient (Wildman–Crippen LogP) is 3.15. The topological polar surface area (TPSA) is 46.3 Å². The standard InChI is InChI=1S/C16H26N2O/c1-12(2)13-6-8-14(9-7-13)18(11-10-17)15(19)16(3,4)5/h6-9,12H,10-11,17H2,1-5H3. The maximum atomic E-state index is 12.4. The van der Waals surface area contributed by atoms with E-state index < -0.39 is 5.41 Å². The van der Waals surface area contributed by atoms with Crippen LogP contribution in [0.1, 0.15) is 46.1 Å². The second kappa shape index (κ2) is 6.20. The van der Waals surface area contributed by atoms with Crippen molar-refractivity contribution < 1.29 is 4.79 Å². The normalized spacial score (nSPS) is 11.7. The molecule has 0 fully saturated rings. The number of amides is 1. The molecule has 0 unspecified atom stereocenters. The third kappa shape index (κ3) is 4.06. The van der Waals surface area contributed by atoms with E-state index >= 15 is 0 Å². The molecule has 1 rings (SSSR count). The van der Waals surface area contributed by atoms with Crippen molar-refractivity contribution in [2.24, 2.45) is 11.1 Å². The lowest BCUT2D eigenvalue weighted by molar-refractivity contribution is -0.125. The van der Waals surface area contributed by atoms with E-state index in [1.54, 1.807) is 4.90 Å². The van der Waals surface area contributed by atoms with Crippen molar-refractivity contribution in [2.45, 2.75) is 40.5 Å². The lowest BCUT2D eigenvalue weighted by Crippen LogP contribution is -2.42. The van der Waals surface area contributed by atoms with Gasteiger partial charge in [-0.3, -0.25) is 4.79 Å². The second-order valence-corrected chi connectivity index (χ2v) is 6.24. The van der Waals surface area contributed by atoms with Gasteiger partial charge in [0.2, 0.25) is 5.91 Å². The minimum absolute atomic E-state index is 0.107. The molecule has 0 saturated carbocycles. The van der Waals surface area contributed by atoms with E-state index in [-0.39, 0.29) is 5.91 Å². The average Bonchev–Trinajstić information content (AvgIpc) is 2.34. The van der Waals surface area contributed by atoms with Gasteiger partial charge in [-0.25, -0.2) is 0 Å². The molecule has 0 heterocycles. The summed E-state index contributed by atoms with van der Waals surface area (Å²) in [5.41, 5.74) is 7.44. The molecule has 1 amide bonds. The van der Waals surface area contributed by atoms with Crippen molar-refractivity contribution in [3.63, 3.8) is 0 Å². The Morgan fingerprint density at radius 2 is 1.74 bits per heavy atom. The fraction of sp³-hybridized carbons (Fsp3) is 0.562. The molecule has 0 bridgehead atoms. The lowest BCUT2D eigenvalue weighted by atomic mass is 9.94. The van der Waals surface area contributed by atoms with E-state index in [1.807, 2.05) is 32.9 Å². The number of carbonyl (C=O) groups is 1. The van der Waals surface area contributed by atoms with Gasteiger partial charge in [-0.05, 0) is 23.6 Å². The van der Waals surface area contributed by atoms with E-state index in [9.17, 15) is 4.79 Å². The molecule has 1 aromatic carbocycles. The van der Waals surface area contributed by atoms with Crippen LogP contribution in [0.25, 0.3) is 0 Å². The molecule has 0 saturated heterocycles. The van der Waals surface area contributed by atoms with Crippen LogP contribution in [0.5, 0.6) is 0 Å². The molecule has 19 heavy (non-hydrogen) atoms. The first-order valence-corrected chi connectivity index (χ1v) is 6.89. The molecule has 0 aliphatic carbocycles. The molecule has 0 aliphatic rings. The number of nitrogens with zero attached hydrogens (tertiary/aromatic N) is 1. The largest absolute Gasteiger partial charge is 0.329 e. The second-order valence-electron chi connectivity index (χ2n) is 6.24. The zero-order valence-corrected chi connectivity index (χ0v) is 12.7. The number of carbonyl (C=O) groups excluding carboxylic acids is 1. The van der Waals surface area contributed by atoms with Crippen LogP contribution < -0.4 is 10.6 Å². The SMILES string of the molecule is CC(C)c1ccc(N(CCN)C(=O)C(C)(C)C)cc1. The highest BCUT2D eigenvalue weighted by Crippen LogP contribution is 2.25. The van der Waals surface area contributed by atoms with Crippen molar-refractivity contribution in [1.82, 2.24) is 0 Å². The van der Waals surface area contributed by atoms with Gasteiger partial charge in [0, 0.05) is 24.2 Å². The summed E-state index contributed by atoms with van der Waals surface area (Å²) in [5.74, 6) is 0.602. The fourth-order valence-electron chi connectivity index (χ4n) is 1.92. The first-order chi connectivity index (χ1) is 8.77. The molecule has 106 valence electrons. The third-order valence-corrected chi connectivity index (χ3v) is 3.11. The van der Waals surface area contributed by atoms with Gasteiger partial charge in [-0.2, -0.15) is 0 Å². The summed E-state index contributed by atoms with van der Waals surface area (Å²) < 4.78 is 0. The first-order valence-electron chi connectivity index (χ1n) is 6.89. The number of rotatable bonds is 4. The average molecular weight is 262 g/mol. The van der Waals surface area contributed by atoms with Crippen LogP contribution in [-0.4, -0.2) is 19.0 Å². The Morgan fingerprint density at radius 1 is 1.21 bits per heavy atom. The third-order valence-electron chi connectivity index (χ3n) is 3.11. The maximum Gasteiger partial charge on any atom is 0.232 e. The van der Waals surface area contributed by atoms with Crippen LogP contribution in [0.15, 0.2) is 24.3 Å². The van der Waals surface area contributed by atoms with Crippen LogP contribution in [0.3, 0.4) is 0 Å². The Kier molecular flexibility index (Phi) is 5.12. The summed E-state index contributed by atoms with van der Waals surface area (Å²) in [5, 5.41) is 0. The van der Waals surface area contributed by atoms with Gasteiger partial charge in [0.25, 0.3) is 0 Å². The van der Waals surface area contributed by atoms with Crippen molar-refractivity contribution >= 4 is 11.6 Å². The monoisotopic (exact) mass is 262 g/mol. The Morgan fingerprint density at radius 3 is 2.11 bits per heavy atom. The van der Waals surface area contributed by atoms with Gasteiger partial charge in [0.1, 0.15) is 0 Å². The summed E-state index contributed by atoms with van der Waals surface area (Å²) >= 11 is 0. The zero-order chi connectivity index (χ0) is 14.6. The Balaban J connectivity index is 3.02. The number of benzene rings is 1. The smallest absolute Gasteiger partial charge is 0.232 e. The number of nitrogens with two attached hydrogens (primary N) is 1. The van der Waals surface area contributed by atoms with Gasteiger partial charge in [-0.15, -0.1) is 0 Å². The minimum atomic E-state index is -0.397. The zero-order valence-electron chi connectivity index (χ0n) is 12.7. The highest BCUT2D eigenvalue weighted by Gasteiger charge is 2.27. The molecular weight excluding hydrogens is 236 g/mol. The quantitative estimate of drug-likeness (QED) is 0.906. The molecule has 3 nitrogen and oxygen atoms in total. The van der Waals surface area contributed by atoms with Crippen LogP contribution in [0, 0.1) is 5.41 Å². The molecule has 0 atom stereocenters. The van der Waals surface area contributed by atoms with Gasteiger partial charge in [-0.1, -0.05) is 46.8 Å². The first kappa shape index (κ1) is 15.7. The van der Waals surface area contributed by atoms with E-state index in [4.69, 9.17) is 5.73 Å². The fourth-order valence-corrected chi connectivity index (χ4v) is 1.92. The summed E-state index contributed by atoms with van der Waals surface area (Å²) in [4.78, 5) is 14.2. The summed E-state index contributed by atoms with van der Waals surface area (Å²) in [7, 11) is 0. The van der Waals surface area contributed by atoms with Crippen LogP contribution in [0.2, 0.25) is 0 Å². The van der Waals surface area contributed by atoms with E-state index in [0.29, 0.717) is 19.0 Å². The maximum absolute atomic E-state index is 12.4. The molecule has 0 spiro atoms. The molecule has 0 aromatic heterocycles. The van der Waals surface area contributed by atoms with E-state index in [1.165, 1.54) is 5.56 Å². The molecule has 1 aromatic rings. The predicted molar refractivity (Wildman–Crippen MR) is 81.4 cm³/mol. The Labute approximate surface area is 116 Å². The molecule has 3 heteroatoms. The van der Waals surface area contributed by atoms with Crippen LogP contribution in [0.4, 0.5) is 5.69 Å². The Bertz CT molecular complexity index is 415. The van der Waals surface area contributed by atoms with Crippen LogP contribution in [-0.2, 0) is 4.79 Å². The number of hydrogen-bond acceptors (Lipinski definition) is 2. The van der Waals surface area contributed by atoms with Gasteiger partial charge in [0.15, 0.2) is 0 Å². The van der Waals surface area contributed by atoms with Gasteiger partial charge < -0.3 is 10.6 Å². The van der Waals surface area contributed by atoms with E-state index in [2.05, 4.69) is 26.0 Å².